The average Bonchev–Trinajstić information content (AvgIpc) is 1.60. The molecule has 10 aromatic rings. The average molecular weight is 2580 g/mol. The highest BCUT2D eigenvalue weighted by Crippen LogP contribution is 2.50. The van der Waals surface area contributed by atoms with Gasteiger partial charge in [0.1, 0.15) is 90.3 Å². The van der Waals surface area contributed by atoms with Crippen LogP contribution < -0.4 is 23.7 Å². The van der Waals surface area contributed by atoms with Crippen molar-refractivity contribution in [2.24, 2.45) is 23.7 Å². The second-order valence-electron chi connectivity index (χ2n) is 31.5. The van der Waals surface area contributed by atoms with E-state index in [1.807, 2.05) is 210 Å². The molecule has 0 radical (unpaired) electrons. The van der Waals surface area contributed by atoms with Crippen LogP contribution in [0.3, 0.4) is 0 Å². The molecule has 0 aromatic heterocycles. The van der Waals surface area contributed by atoms with Crippen LogP contribution >= 0.6 is 113 Å². The Hall–Kier alpha value is -9.90. The summed E-state index contributed by atoms with van der Waals surface area (Å²) >= 11 is 10.0. The number of fused-ring (bicyclic) bond motifs is 7. The first kappa shape index (κ1) is 110. The molecule has 10 aromatic carbocycles. The summed E-state index contributed by atoms with van der Waals surface area (Å²) < 4.78 is 214. The minimum Gasteiger partial charge on any atom is -0.748 e. The maximum atomic E-state index is 13.3. The van der Waals surface area contributed by atoms with Crippen molar-refractivity contribution < 1.29 is 160 Å². The van der Waals surface area contributed by atoms with Gasteiger partial charge in [-0.3, -0.25) is 19.2 Å². The fourth-order valence-corrected chi connectivity index (χ4v) is 19.0. The highest BCUT2D eigenvalue weighted by atomic mass is 127. The maximum Gasteiger partial charge on any atom is 0.344 e. The minimum absolute atomic E-state index is 0.00116. The van der Waals surface area contributed by atoms with E-state index in [9.17, 15) is 113 Å². The summed E-state index contributed by atoms with van der Waals surface area (Å²) in [6.07, 6.45) is 12.5. The van der Waals surface area contributed by atoms with Crippen molar-refractivity contribution in [1.82, 2.24) is 0 Å². The van der Waals surface area contributed by atoms with Gasteiger partial charge >= 0.3 is 59.7 Å². The molecule has 15 rings (SSSR count). The topological polar surface area (TPSA) is 549 Å². The number of halogens is 5. The number of rotatable bonds is 30. The third kappa shape index (κ3) is 33.1. The van der Waals surface area contributed by atoms with Gasteiger partial charge in [-0.25, -0.2) is 70.9 Å². The Morgan fingerprint density at radius 2 is 0.721 bits per heavy atom. The van der Waals surface area contributed by atoms with Gasteiger partial charge in [0.15, 0.2) is 0 Å². The van der Waals surface area contributed by atoms with Crippen molar-refractivity contribution in [1.29, 1.82) is 0 Å². The molecule has 140 heavy (non-hydrogen) atoms. The SMILES string of the molecule is O=C(OCCS(=O)(=O)[O-])c1ccc(I)c(OC(=O)C2CC3CCC2C3)c1.O=C(OCCS(=O)(=O)[O-])c1ccc(I)c(OC(=O)C2CCCCC2)c1.O=C(OCCS(=O)(=O)[O-])c1ccc(I)cc1OC(=O)C1C=Cc2ccccc21.O=C(OCCS(=O)(=O)[O-])c1ccc(I)cc1OC(=O)C1c2ccccc2-c2ccccc21.O=C(OCCS(=O)(=O)[O-])c1ccc(I)cc1OC(=O)c1cccc2ccccc12. The molecule has 35 nitrogen and oxygen atoms in total. The van der Waals surface area contributed by atoms with Crippen LogP contribution in [0.25, 0.3) is 28.0 Å². The van der Waals surface area contributed by atoms with Crippen molar-refractivity contribution in [3.05, 3.63) is 286 Å². The molecule has 5 aliphatic rings. The number of hydrogen-bond donors (Lipinski definition) is 0. The molecular weight excluding hydrogens is 2500 g/mol. The van der Waals surface area contributed by atoms with E-state index in [0.29, 0.717) is 33.5 Å². The number of esters is 10. The lowest BCUT2D eigenvalue weighted by Crippen LogP contribution is -2.25. The lowest BCUT2D eigenvalue weighted by Gasteiger charge is -2.20. The zero-order valence-electron chi connectivity index (χ0n) is 72.9. The molecule has 0 saturated heterocycles. The van der Waals surface area contributed by atoms with Crippen molar-refractivity contribution in [2.75, 3.05) is 61.8 Å². The summed E-state index contributed by atoms with van der Waals surface area (Å²) in [5.74, 6) is -10.6. The van der Waals surface area contributed by atoms with Crippen LogP contribution in [0.1, 0.15) is 154 Å². The second kappa shape index (κ2) is 50.4. The third-order valence-corrected chi connectivity index (χ3v) is 28.9. The fourth-order valence-electron chi connectivity index (χ4n) is 15.3. The van der Waals surface area contributed by atoms with E-state index in [-0.39, 0.29) is 80.3 Å². The van der Waals surface area contributed by atoms with E-state index < -0.39 is 172 Å². The summed E-state index contributed by atoms with van der Waals surface area (Å²) in [7, 11) is -22.4. The third-order valence-electron chi connectivity index (χ3n) is 21.8. The van der Waals surface area contributed by atoms with Gasteiger partial charge in [-0.05, 0) is 298 Å². The van der Waals surface area contributed by atoms with Crippen LogP contribution in [0.5, 0.6) is 28.7 Å². The Kier molecular flexibility index (Phi) is 39.7. The lowest BCUT2D eigenvalue weighted by molar-refractivity contribution is -0.141. The molecule has 2 bridgehead atoms. The zero-order chi connectivity index (χ0) is 102. The van der Waals surface area contributed by atoms with Crippen LogP contribution in [-0.4, -0.2) is 186 Å². The molecule has 4 atom stereocenters. The predicted octanol–water partition coefficient (Wildman–Crippen LogP) is 14.6. The Morgan fingerprint density at radius 3 is 1.16 bits per heavy atom. The number of carbonyl (C=O) groups excluding carboxylic acids is 10. The zero-order valence-corrected chi connectivity index (χ0v) is 87.8. The number of benzene rings is 10. The number of hydrogen-bond acceptors (Lipinski definition) is 35. The van der Waals surface area contributed by atoms with Gasteiger partial charge < -0.3 is 70.1 Å². The molecule has 3 saturated carbocycles. The van der Waals surface area contributed by atoms with Crippen LogP contribution in [0, 0.1) is 41.5 Å². The monoisotopic (exact) mass is 2570 g/mol. The molecule has 0 heterocycles. The van der Waals surface area contributed by atoms with Crippen LogP contribution in [0.2, 0.25) is 0 Å². The van der Waals surface area contributed by atoms with Gasteiger partial charge in [-0.1, -0.05) is 147 Å². The summed E-state index contributed by atoms with van der Waals surface area (Å²) in [5, 5.41) is 1.57. The van der Waals surface area contributed by atoms with Crippen molar-refractivity contribution in [3.63, 3.8) is 0 Å². The van der Waals surface area contributed by atoms with Crippen LogP contribution in [0.15, 0.2) is 212 Å². The standard InChI is InChI=1S/C23H17IO7S.C20H15IO7S.C19H15IO7S.C17H19IO7S.C16H19IO7S/c24-14-9-10-19(22(25)30-11-12-32(27,28)29)20(13-14)31-23(26)21-17-7-3-1-5-15(17)16-6-2-4-8-18(16)21;21-14-8-9-17(19(22)27-10-11-29(24,25)26)18(12-14)28-20(23)16-7-3-5-13-4-1-2-6-15(13)16;20-13-6-8-16(18(21)26-9-10-28(23,24)25)17(11-13)27-19(22)15-7-5-12-3-1-2-4-14(12)15;18-14-4-3-12(16(19)24-5-6-26(21,22)23)9-15(14)25-17(20)13-8-10-1-2-11(13)7-10;17-13-7-6-12(15(18)23-8-9-25(20,21)22)10-14(13)24-16(19)11-4-2-1-3-5-11/h1-10,13,21H,11-12H2,(H,27,28,29);1-9,12H,10-11H2,(H,24,25,26);1-8,11,15H,9-10H2,(H,23,24,25);3-4,9-11,13H,1-2,5-8H2,(H,21,22,23);6-7,10-11H,1-5,8-9H2,(H,20,21,22)/p-5. The highest BCUT2D eigenvalue weighted by molar-refractivity contribution is 14.1. The Balaban J connectivity index is 0.000000168. The van der Waals surface area contributed by atoms with Crippen molar-refractivity contribution >= 4 is 240 Å². The molecule has 3 fully saturated rings. The first-order chi connectivity index (χ1) is 66.2. The molecule has 0 N–H and O–H groups in total. The van der Waals surface area contributed by atoms with Crippen LogP contribution in [-0.2, 0) is 93.5 Å². The molecule has 740 valence electrons. The van der Waals surface area contributed by atoms with Gasteiger partial charge in [-0.2, -0.15) is 0 Å². The number of ether oxygens (including phenoxy) is 10. The summed E-state index contributed by atoms with van der Waals surface area (Å²) in [6.45, 7) is -2.80. The van der Waals surface area contributed by atoms with Gasteiger partial charge in [0.05, 0.1) is 115 Å². The molecular formula is C95H80I5O35S5-5. The summed E-state index contributed by atoms with van der Waals surface area (Å²) in [4.78, 5) is 124. The molecule has 4 unspecified atom stereocenters. The van der Waals surface area contributed by atoms with E-state index in [4.69, 9.17) is 47.4 Å². The molecule has 0 amide bonds. The molecule has 5 aliphatic carbocycles. The van der Waals surface area contributed by atoms with E-state index in [1.165, 1.54) is 67.1 Å². The Labute approximate surface area is 872 Å². The molecule has 0 spiro atoms. The van der Waals surface area contributed by atoms with Gasteiger partial charge in [0.2, 0.25) is 0 Å². The summed E-state index contributed by atoms with van der Waals surface area (Å²) in [6, 6.07) is 57.6. The predicted molar refractivity (Wildman–Crippen MR) is 539 cm³/mol. The van der Waals surface area contributed by atoms with E-state index >= 15 is 0 Å². The van der Waals surface area contributed by atoms with Crippen LogP contribution in [0.4, 0.5) is 0 Å². The number of carbonyl (C=O) groups is 10. The van der Waals surface area contributed by atoms with Crippen molar-refractivity contribution in [3.8, 4) is 39.9 Å². The van der Waals surface area contributed by atoms with Gasteiger partial charge in [0.25, 0.3) is 0 Å². The van der Waals surface area contributed by atoms with Gasteiger partial charge in [-0.15, -0.1) is 0 Å². The smallest absolute Gasteiger partial charge is 0.344 e. The minimum atomic E-state index is -4.52. The quantitative estimate of drug-likeness (QED) is 0.0133. The van der Waals surface area contributed by atoms with Crippen molar-refractivity contribution in [2.45, 2.75) is 69.6 Å². The van der Waals surface area contributed by atoms with E-state index in [0.717, 1.165) is 97.3 Å². The largest absolute Gasteiger partial charge is 0.748 e. The molecule has 45 heteroatoms. The first-order valence-electron chi connectivity index (χ1n) is 42.3. The van der Waals surface area contributed by atoms with E-state index in [2.05, 4.69) is 0 Å². The molecule has 0 aliphatic heterocycles. The summed E-state index contributed by atoms with van der Waals surface area (Å²) in [5.41, 5.74) is 5.71. The first-order valence-corrected chi connectivity index (χ1v) is 55.5. The fraction of sp³-hybridized carbons (Fsp3) is 0.263. The highest BCUT2D eigenvalue weighted by Gasteiger charge is 2.45. The normalized spacial score (nSPS) is 15.6. The van der Waals surface area contributed by atoms with Gasteiger partial charge in [0, 0.05) is 10.7 Å². The Morgan fingerprint density at radius 1 is 0.329 bits per heavy atom. The van der Waals surface area contributed by atoms with E-state index in [1.54, 1.807) is 60.7 Å². The maximum absolute atomic E-state index is 13.3. The Bertz CT molecular complexity index is 6980. The lowest BCUT2D eigenvalue weighted by atomic mass is 9.89. The second-order valence-corrected chi connectivity index (χ2v) is 45.2.